The van der Waals surface area contributed by atoms with Gasteiger partial charge in [0.15, 0.2) is 23.2 Å². The van der Waals surface area contributed by atoms with Crippen LogP contribution >= 0.6 is 0 Å². The van der Waals surface area contributed by atoms with E-state index in [1.165, 1.54) is 35.4 Å². The van der Waals surface area contributed by atoms with Crippen molar-refractivity contribution in [2.24, 2.45) is 0 Å². The lowest BCUT2D eigenvalue weighted by atomic mass is 10.1. The number of aromatic nitrogens is 4. The van der Waals surface area contributed by atoms with E-state index in [4.69, 9.17) is 4.74 Å². The summed E-state index contributed by atoms with van der Waals surface area (Å²) >= 11 is 0. The zero-order chi connectivity index (χ0) is 22.2. The van der Waals surface area contributed by atoms with Gasteiger partial charge in [0.25, 0.3) is 0 Å². The Hall–Kier alpha value is -3.00. The molecule has 3 heterocycles. The van der Waals surface area contributed by atoms with E-state index >= 15 is 0 Å². The second-order valence-corrected chi connectivity index (χ2v) is 6.82. The number of anilines is 1. The van der Waals surface area contributed by atoms with Crippen LogP contribution in [-0.2, 0) is 11.3 Å². The van der Waals surface area contributed by atoms with E-state index in [2.05, 4.69) is 25.0 Å². The first kappa shape index (κ1) is 21.2. The Morgan fingerprint density at radius 3 is 2.68 bits per heavy atom. The summed E-state index contributed by atoms with van der Waals surface area (Å²) in [5, 5.41) is 32.4. The van der Waals surface area contributed by atoms with Crippen LogP contribution < -0.4 is 10.1 Å². The Balaban J connectivity index is 1.54. The molecule has 1 aromatic carbocycles. The third-order valence-corrected chi connectivity index (χ3v) is 4.74. The fraction of sp³-hybridized carbons (Fsp3) is 0.389. The molecule has 10 nitrogen and oxygen atoms in total. The minimum atomic E-state index is -4.78. The minimum Gasteiger partial charge on any atom is -0.406 e. The van der Waals surface area contributed by atoms with Gasteiger partial charge >= 0.3 is 6.36 Å². The molecular weight excluding hydrogens is 423 g/mol. The molecule has 1 fully saturated rings. The van der Waals surface area contributed by atoms with Gasteiger partial charge in [-0.1, -0.05) is 12.1 Å². The van der Waals surface area contributed by atoms with Crippen molar-refractivity contribution in [2.75, 3.05) is 11.9 Å². The van der Waals surface area contributed by atoms with Crippen LogP contribution in [0.4, 0.5) is 19.0 Å². The molecule has 1 saturated heterocycles. The van der Waals surface area contributed by atoms with Crippen LogP contribution in [0.5, 0.6) is 5.75 Å². The quantitative estimate of drug-likeness (QED) is 0.441. The number of aliphatic hydroxyl groups is 3. The fourth-order valence-electron chi connectivity index (χ4n) is 3.32. The Labute approximate surface area is 172 Å². The van der Waals surface area contributed by atoms with Crippen molar-refractivity contribution < 1.29 is 38.0 Å². The molecule has 4 atom stereocenters. The van der Waals surface area contributed by atoms with Crippen LogP contribution in [0.1, 0.15) is 11.8 Å². The molecule has 0 amide bonds. The van der Waals surface area contributed by atoms with Gasteiger partial charge in [-0.3, -0.25) is 4.57 Å². The SMILES string of the molecule is OC[C@H]1O[C@@H](n2cnc3c(NCc4cccc(OC(F)(F)F)c4)ncnc32)[C@@H](O)[C@@H]1O. The molecule has 13 heteroatoms. The number of hydrogen-bond donors (Lipinski definition) is 4. The highest BCUT2D eigenvalue weighted by atomic mass is 19.4. The summed E-state index contributed by atoms with van der Waals surface area (Å²) in [6.45, 7) is -0.345. The van der Waals surface area contributed by atoms with Gasteiger partial charge in [-0.05, 0) is 17.7 Å². The van der Waals surface area contributed by atoms with Crippen LogP contribution in [0.25, 0.3) is 11.2 Å². The molecule has 0 radical (unpaired) electrons. The first-order valence-corrected chi connectivity index (χ1v) is 9.15. The van der Waals surface area contributed by atoms with Gasteiger partial charge in [0.05, 0.1) is 12.9 Å². The molecule has 0 aliphatic carbocycles. The lowest BCUT2D eigenvalue weighted by Crippen LogP contribution is -2.33. The summed E-state index contributed by atoms with van der Waals surface area (Å²) in [5.41, 5.74) is 1.13. The highest BCUT2D eigenvalue weighted by molar-refractivity contribution is 5.82. The second-order valence-electron chi connectivity index (χ2n) is 6.82. The number of fused-ring (bicyclic) bond motifs is 1. The van der Waals surface area contributed by atoms with E-state index in [1.807, 2.05) is 0 Å². The number of benzene rings is 1. The van der Waals surface area contributed by atoms with Gasteiger partial charge < -0.3 is 30.1 Å². The third kappa shape index (κ3) is 4.39. The van der Waals surface area contributed by atoms with Crippen LogP contribution in [0, 0.1) is 0 Å². The van der Waals surface area contributed by atoms with Gasteiger partial charge in [0.1, 0.15) is 30.4 Å². The summed E-state index contributed by atoms with van der Waals surface area (Å²) in [5.74, 6) is -0.0362. The van der Waals surface area contributed by atoms with Crippen molar-refractivity contribution in [3.05, 3.63) is 42.5 Å². The number of imidazole rings is 1. The van der Waals surface area contributed by atoms with Crippen LogP contribution in [0.2, 0.25) is 0 Å². The molecule has 0 saturated carbocycles. The Morgan fingerprint density at radius 1 is 1.16 bits per heavy atom. The summed E-state index contributed by atoms with van der Waals surface area (Å²) in [7, 11) is 0. The minimum absolute atomic E-state index is 0.127. The van der Waals surface area contributed by atoms with Crippen molar-refractivity contribution in [2.45, 2.75) is 37.4 Å². The molecule has 1 aliphatic rings. The summed E-state index contributed by atoms with van der Waals surface area (Å²) in [6.07, 6.45) is -6.75. The van der Waals surface area contributed by atoms with E-state index in [1.54, 1.807) is 6.07 Å². The standard InChI is InChI=1S/C18H18F3N5O5/c19-18(20,21)31-10-3-1-2-9(4-10)5-22-15-12-16(24-7-23-15)26(8-25-12)17-14(29)13(28)11(6-27)30-17/h1-4,7-8,11,13-14,17,27-29H,5-6H2,(H,22,23,24)/t11-,13-,14+,17-/m1/s1. The predicted octanol–water partition coefficient (Wildman–Crippen LogP) is 0.949. The number of alkyl halides is 3. The van der Waals surface area contributed by atoms with E-state index in [0.29, 0.717) is 22.5 Å². The predicted molar refractivity (Wildman–Crippen MR) is 98.8 cm³/mol. The lowest BCUT2D eigenvalue weighted by Gasteiger charge is -2.16. The number of halogens is 3. The number of ether oxygens (including phenoxy) is 2. The molecule has 4 rings (SSSR count). The molecule has 2 aromatic heterocycles. The van der Waals surface area contributed by atoms with Crippen molar-refractivity contribution in [3.8, 4) is 5.75 Å². The number of aliphatic hydroxyl groups excluding tert-OH is 3. The topological polar surface area (TPSA) is 135 Å². The molecule has 4 N–H and O–H groups in total. The van der Waals surface area contributed by atoms with Crippen molar-refractivity contribution in [3.63, 3.8) is 0 Å². The van der Waals surface area contributed by atoms with E-state index in [-0.39, 0.29) is 12.3 Å². The monoisotopic (exact) mass is 441 g/mol. The Bertz CT molecular complexity index is 1060. The van der Waals surface area contributed by atoms with E-state index in [0.717, 1.165) is 0 Å². The summed E-state index contributed by atoms with van der Waals surface area (Å²) in [4.78, 5) is 12.5. The number of rotatable bonds is 6. The first-order chi connectivity index (χ1) is 14.8. The van der Waals surface area contributed by atoms with Crippen LogP contribution in [0.3, 0.4) is 0 Å². The lowest BCUT2D eigenvalue weighted by molar-refractivity contribution is -0.274. The summed E-state index contributed by atoms with van der Waals surface area (Å²) < 4.78 is 48.0. The van der Waals surface area contributed by atoms with Crippen molar-refractivity contribution >= 4 is 17.0 Å². The maximum Gasteiger partial charge on any atom is 0.573 e. The summed E-state index contributed by atoms with van der Waals surface area (Å²) in [6, 6.07) is 5.50. The first-order valence-electron chi connectivity index (χ1n) is 9.15. The smallest absolute Gasteiger partial charge is 0.406 e. The van der Waals surface area contributed by atoms with Crippen LogP contribution in [-0.4, -0.2) is 66.1 Å². The molecule has 1 aliphatic heterocycles. The molecule has 166 valence electrons. The third-order valence-electron chi connectivity index (χ3n) is 4.74. The normalized spacial score (nSPS) is 23.9. The molecule has 0 bridgehead atoms. The average Bonchev–Trinajstić information content (AvgIpc) is 3.27. The number of nitrogens with one attached hydrogen (secondary N) is 1. The number of nitrogens with zero attached hydrogens (tertiary/aromatic N) is 4. The van der Waals surface area contributed by atoms with Crippen LogP contribution in [0.15, 0.2) is 36.9 Å². The largest absolute Gasteiger partial charge is 0.573 e. The highest BCUT2D eigenvalue weighted by Crippen LogP contribution is 2.32. The number of hydrogen-bond acceptors (Lipinski definition) is 9. The molecule has 3 aromatic rings. The molecular formula is C18H18F3N5O5. The van der Waals surface area contributed by atoms with E-state index < -0.39 is 37.5 Å². The van der Waals surface area contributed by atoms with Gasteiger partial charge in [-0.25, -0.2) is 15.0 Å². The van der Waals surface area contributed by atoms with Gasteiger partial charge in [-0.2, -0.15) is 0 Å². The maximum absolute atomic E-state index is 12.4. The zero-order valence-electron chi connectivity index (χ0n) is 15.8. The molecule has 0 unspecified atom stereocenters. The van der Waals surface area contributed by atoms with Gasteiger partial charge in [0.2, 0.25) is 0 Å². The maximum atomic E-state index is 12.4. The van der Waals surface area contributed by atoms with Gasteiger partial charge in [-0.15, -0.1) is 13.2 Å². The van der Waals surface area contributed by atoms with E-state index in [9.17, 15) is 28.5 Å². The Morgan fingerprint density at radius 2 is 1.97 bits per heavy atom. The van der Waals surface area contributed by atoms with Crippen molar-refractivity contribution in [1.82, 2.24) is 19.5 Å². The second kappa shape index (κ2) is 8.26. The molecule has 31 heavy (non-hydrogen) atoms. The molecule has 0 spiro atoms. The fourth-order valence-corrected chi connectivity index (χ4v) is 3.32. The van der Waals surface area contributed by atoms with Gasteiger partial charge in [0, 0.05) is 6.54 Å². The van der Waals surface area contributed by atoms with Crippen molar-refractivity contribution in [1.29, 1.82) is 0 Å². The Kier molecular flexibility index (Phi) is 5.66. The highest BCUT2D eigenvalue weighted by Gasteiger charge is 2.44. The zero-order valence-corrected chi connectivity index (χ0v) is 15.8. The average molecular weight is 441 g/mol.